The van der Waals surface area contributed by atoms with Gasteiger partial charge in [0.15, 0.2) is 0 Å². The molecular formula is C19H32N2O2. The first kappa shape index (κ1) is 18.4. The maximum Gasteiger partial charge on any atom is 0.0629 e. The molecule has 0 bridgehead atoms. The zero-order valence-electron chi connectivity index (χ0n) is 15.2. The molecule has 0 radical (unpaired) electrons. The second-order valence-electron chi connectivity index (χ2n) is 8.14. The molecule has 2 rings (SSSR count). The molecule has 1 fully saturated rings. The fourth-order valence-corrected chi connectivity index (χ4v) is 3.58. The van der Waals surface area contributed by atoms with E-state index in [1.54, 1.807) is 0 Å². The van der Waals surface area contributed by atoms with Gasteiger partial charge in [0.2, 0.25) is 0 Å². The van der Waals surface area contributed by atoms with Crippen LogP contribution in [0.25, 0.3) is 0 Å². The summed E-state index contributed by atoms with van der Waals surface area (Å²) in [6.07, 6.45) is 6.68. The van der Waals surface area contributed by atoms with E-state index < -0.39 is 5.60 Å². The van der Waals surface area contributed by atoms with Crippen molar-refractivity contribution in [2.24, 2.45) is 5.92 Å². The molecule has 23 heavy (non-hydrogen) atoms. The minimum atomic E-state index is -0.665. The van der Waals surface area contributed by atoms with Crippen LogP contribution < -0.4 is 0 Å². The molecule has 1 saturated heterocycles. The summed E-state index contributed by atoms with van der Waals surface area (Å²) >= 11 is 0. The second kappa shape index (κ2) is 7.29. The molecule has 130 valence electrons. The molecule has 4 nitrogen and oxygen atoms in total. The average Bonchev–Trinajstić information content (AvgIpc) is 2.78. The van der Waals surface area contributed by atoms with E-state index in [1.807, 2.05) is 32.3 Å². The third kappa shape index (κ3) is 5.55. The van der Waals surface area contributed by atoms with Crippen molar-refractivity contribution < 1.29 is 9.84 Å². The zero-order valence-corrected chi connectivity index (χ0v) is 15.2. The van der Waals surface area contributed by atoms with Crippen LogP contribution in [0.2, 0.25) is 0 Å². The van der Waals surface area contributed by atoms with Crippen molar-refractivity contribution >= 4 is 0 Å². The molecule has 1 aromatic rings. The summed E-state index contributed by atoms with van der Waals surface area (Å²) in [5.74, 6) is 0.571. The highest BCUT2D eigenvalue weighted by atomic mass is 16.5. The summed E-state index contributed by atoms with van der Waals surface area (Å²) < 4.78 is 6.09. The van der Waals surface area contributed by atoms with Gasteiger partial charge in [-0.15, -0.1) is 0 Å². The molecular weight excluding hydrogens is 288 g/mol. The minimum absolute atomic E-state index is 0.179. The fraction of sp³-hybridized carbons (Fsp3) is 0.737. The van der Waals surface area contributed by atoms with E-state index in [2.05, 4.69) is 36.8 Å². The molecule has 2 atom stereocenters. The molecule has 4 heteroatoms. The van der Waals surface area contributed by atoms with E-state index in [0.717, 1.165) is 13.0 Å². The van der Waals surface area contributed by atoms with E-state index >= 15 is 0 Å². The van der Waals surface area contributed by atoms with Crippen LogP contribution >= 0.6 is 0 Å². The Morgan fingerprint density at radius 3 is 2.70 bits per heavy atom. The number of hydrogen-bond acceptors (Lipinski definition) is 4. The van der Waals surface area contributed by atoms with E-state index in [9.17, 15) is 5.11 Å². The Bertz CT molecular complexity index is 482. The van der Waals surface area contributed by atoms with Gasteiger partial charge in [-0.25, -0.2) is 0 Å². The van der Waals surface area contributed by atoms with Gasteiger partial charge in [-0.05, 0) is 78.1 Å². The van der Waals surface area contributed by atoms with E-state index in [0.29, 0.717) is 25.0 Å². The molecule has 1 aliphatic heterocycles. The van der Waals surface area contributed by atoms with E-state index in [-0.39, 0.29) is 5.60 Å². The molecule has 1 N–H and O–H groups in total. The van der Waals surface area contributed by atoms with Crippen molar-refractivity contribution in [2.75, 3.05) is 20.2 Å². The maximum absolute atomic E-state index is 9.83. The highest BCUT2D eigenvalue weighted by molar-refractivity contribution is 5.17. The van der Waals surface area contributed by atoms with Crippen LogP contribution in [0.4, 0.5) is 0 Å². The van der Waals surface area contributed by atoms with Gasteiger partial charge in [0.05, 0.1) is 17.8 Å². The molecule has 0 amide bonds. The Balaban J connectivity index is 1.97. The smallest absolute Gasteiger partial charge is 0.0629 e. The van der Waals surface area contributed by atoms with Crippen molar-refractivity contribution in [1.29, 1.82) is 0 Å². The largest absolute Gasteiger partial charge is 0.390 e. The first-order valence-electron chi connectivity index (χ1n) is 8.64. The van der Waals surface area contributed by atoms with Gasteiger partial charge in [0.1, 0.15) is 0 Å². The zero-order chi connectivity index (χ0) is 17.1. The summed E-state index contributed by atoms with van der Waals surface area (Å²) in [6.45, 7) is 9.69. The van der Waals surface area contributed by atoms with Crippen LogP contribution in [0.5, 0.6) is 0 Å². The molecule has 0 aromatic carbocycles. The van der Waals surface area contributed by atoms with Crippen LogP contribution in [0, 0.1) is 5.92 Å². The number of pyridine rings is 1. The maximum atomic E-state index is 9.83. The van der Waals surface area contributed by atoms with E-state index in [4.69, 9.17) is 4.74 Å². The number of likely N-dealkylation sites (tertiary alicyclic amines) is 1. The highest BCUT2D eigenvalue weighted by Crippen LogP contribution is 2.40. The second-order valence-corrected chi connectivity index (χ2v) is 8.14. The predicted molar refractivity (Wildman–Crippen MR) is 93.3 cm³/mol. The van der Waals surface area contributed by atoms with Gasteiger partial charge in [0, 0.05) is 18.4 Å². The van der Waals surface area contributed by atoms with Crippen molar-refractivity contribution in [2.45, 2.75) is 64.2 Å². The van der Waals surface area contributed by atoms with E-state index in [1.165, 1.54) is 12.0 Å². The molecule has 0 saturated carbocycles. The molecule has 2 heterocycles. The van der Waals surface area contributed by atoms with Crippen molar-refractivity contribution in [1.82, 2.24) is 9.88 Å². The molecule has 0 unspecified atom stereocenters. The summed E-state index contributed by atoms with van der Waals surface area (Å²) in [4.78, 5) is 6.71. The molecule has 0 aliphatic carbocycles. The third-order valence-electron chi connectivity index (χ3n) is 4.76. The van der Waals surface area contributed by atoms with Gasteiger partial charge in [-0.2, -0.15) is 0 Å². The van der Waals surface area contributed by atoms with Gasteiger partial charge < -0.3 is 9.84 Å². The third-order valence-corrected chi connectivity index (χ3v) is 4.76. The SMILES string of the molecule is CN1CC[C@@H](CC(C)(C)OCCC(C)(C)O)[C@@H]1c1cccnc1. The number of nitrogens with zero attached hydrogens (tertiary/aromatic N) is 2. The van der Waals surface area contributed by atoms with Gasteiger partial charge >= 0.3 is 0 Å². The van der Waals surface area contributed by atoms with Crippen molar-refractivity contribution in [3.63, 3.8) is 0 Å². The monoisotopic (exact) mass is 320 g/mol. The Labute approximate surface area is 140 Å². The lowest BCUT2D eigenvalue weighted by Crippen LogP contribution is -2.32. The van der Waals surface area contributed by atoms with Crippen LogP contribution in [-0.4, -0.2) is 46.4 Å². The number of aliphatic hydroxyl groups is 1. The summed E-state index contributed by atoms with van der Waals surface area (Å²) in [5, 5.41) is 9.83. The predicted octanol–water partition coefficient (Wildman–Crippen LogP) is 3.42. The first-order chi connectivity index (χ1) is 10.7. The average molecular weight is 320 g/mol. The van der Waals surface area contributed by atoms with Crippen LogP contribution in [0.3, 0.4) is 0 Å². The van der Waals surface area contributed by atoms with Crippen LogP contribution in [0.15, 0.2) is 24.5 Å². The molecule has 1 aromatic heterocycles. The number of rotatable bonds is 7. The molecule has 1 aliphatic rings. The number of hydrogen-bond donors (Lipinski definition) is 1. The quantitative estimate of drug-likeness (QED) is 0.836. The normalized spacial score (nSPS) is 23.4. The fourth-order valence-electron chi connectivity index (χ4n) is 3.58. The summed E-state index contributed by atoms with van der Waals surface area (Å²) in [6, 6.07) is 4.61. The summed E-state index contributed by atoms with van der Waals surface area (Å²) in [5.41, 5.74) is 0.452. The topological polar surface area (TPSA) is 45.6 Å². The van der Waals surface area contributed by atoms with Gasteiger partial charge in [0.25, 0.3) is 0 Å². The van der Waals surface area contributed by atoms with Gasteiger partial charge in [-0.3, -0.25) is 9.88 Å². The van der Waals surface area contributed by atoms with Crippen LogP contribution in [-0.2, 0) is 4.74 Å². The number of aromatic nitrogens is 1. The first-order valence-corrected chi connectivity index (χ1v) is 8.64. The lowest BCUT2D eigenvalue weighted by Gasteiger charge is -2.33. The van der Waals surface area contributed by atoms with Crippen LogP contribution in [0.1, 0.15) is 58.6 Å². The highest BCUT2D eigenvalue weighted by Gasteiger charge is 2.37. The lowest BCUT2D eigenvalue weighted by atomic mass is 9.85. The minimum Gasteiger partial charge on any atom is -0.390 e. The Kier molecular flexibility index (Phi) is 5.82. The Hall–Kier alpha value is -0.970. The standard InChI is InChI=1S/C19H32N2O2/c1-18(2,22)9-12-23-19(3,4)13-15-8-11-21(5)17(15)16-7-6-10-20-14-16/h6-7,10,14-15,17,22H,8-9,11-13H2,1-5H3/t15-,17+/m0/s1. The number of ether oxygens (including phenoxy) is 1. The Morgan fingerprint density at radius 1 is 1.35 bits per heavy atom. The van der Waals surface area contributed by atoms with Crippen molar-refractivity contribution in [3.8, 4) is 0 Å². The summed E-state index contributed by atoms with van der Waals surface area (Å²) in [7, 11) is 2.19. The van der Waals surface area contributed by atoms with Crippen molar-refractivity contribution in [3.05, 3.63) is 30.1 Å². The Morgan fingerprint density at radius 2 is 2.09 bits per heavy atom. The molecule has 0 spiro atoms. The lowest BCUT2D eigenvalue weighted by molar-refractivity contribution is -0.0593. The van der Waals surface area contributed by atoms with Gasteiger partial charge in [-0.1, -0.05) is 6.07 Å².